The Kier molecular flexibility index (Phi) is 6.12. The third-order valence-corrected chi connectivity index (χ3v) is 5.14. The molecule has 2 nitrogen and oxygen atoms in total. The van der Waals surface area contributed by atoms with E-state index in [0.717, 1.165) is 41.4 Å². The smallest absolute Gasteiger partial charge is 0.270 e. The van der Waals surface area contributed by atoms with Crippen molar-refractivity contribution in [1.82, 2.24) is 4.98 Å². The zero-order valence-corrected chi connectivity index (χ0v) is 17.0. The number of pyridine rings is 1. The van der Waals surface area contributed by atoms with Crippen LogP contribution in [0.15, 0.2) is 73.4 Å². The molecule has 0 aliphatic carbocycles. The highest BCUT2D eigenvalue weighted by Crippen LogP contribution is 2.36. The number of ether oxygens (including phenoxy) is 1. The number of halogens is 2. The quantitative estimate of drug-likeness (QED) is 0.428. The van der Waals surface area contributed by atoms with Gasteiger partial charge in [0.2, 0.25) is 0 Å². The summed E-state index contributed by atoms with van der Waals surface area (Å²) < 4.78 is 32.6. The van der Waals surface area contributed by atoms with E-state index in [-0.39, 0.29) is 11.5 Å². The molecule has 0 N–H and O–H groups in total. The van der Waals surface area contributed by atoms with Gasteiger partial charge >= 0.3 is 0 Å². The van der Waals surface area contributed by atoms with Gasteiger partial charge in [0, 0.05) is 30.2 Å². The lowest BCUT2D eigenvalue weighted by atomic mass is 9.85. The summed E-state index contributed by atoms with van der Waals surface area (Å²) in [6, 6.07) is 18.6. The Labute approximate surface area is 170 Å². The van der Waals surface area contributed by atoms with E-state index < -0.39 is 5.92 Å². The predicted octanol–water partition coefficient (Wildman–Crippen LogP) is 7.08. The zero-order valence-electron chi connectivity index (χ0n) is 17.0. The molecule has 3 rings (SSSR count). The van der Waals surface area contributed by atoms with Gasteiger partial charge in [0.1, 0.15) is 5.75 Å². The summed E-state index contributed by atoms with van der Waals surface area (Å²) in [5, 5.41) is 0. The maximum atomic E-state index is 13.6. The molecule has 0 amide bonds. The maximum Gasteiger partial charge on any atom is 0.270 e. The Morgan fingerprint density at radius 2 is 1.83 bits per heavy atom. The molecule has 1 unspecified atom stereocenters. The number of allylic oxidation sites excluding steroid dienone is 1. The van der Waals surface area contributed by atoms with Crippen LogP contribution < -0.4 is 4.74 Å². The number of aromatic nitrogens is 1. The SMILES string of the molecule is C=C(c1ccc(-c2cc(C(C)(F)F)ccn2)cc1)C(CC)c1cccc(OC)c1. The summed E-state index contributed by atoms with van der Waals surface area (Å²) in [6.07, 6.45) is 2.33. The summed E-state index contributed by atoms with van der Waals surface area (Å²) in [6.45, 7) is 7.34. The molecule has 29 heavy (non-hydrogen) atoms. The molecule has 0 fully saturated rings. The number of hydrogen-bond donors (Lipinski definition) is 0. The number of rotatable bonds is 7. The molecule has 0 saturated carbocycles. The average Bonchev–Trinajstić information content (AvgIpc) is 2.74. The van der Waals surface area contributed by atoms with E-state index in [2.05, 4.69) is 24.6 Å². The second-order valence-corrected chi connectivity index (χ2v) is 7.16. The molecule has 1 aromatic heterocycles. The van der Waals surface area contributed by atoms with Gasteiger partial charge in [0.05, 0.1) is 12.8 Å². The first-order valence-corrected chi connectivity index (χ1v) is 9.61. The average molecular weight is 393 g/mol. The van der Waals surface area contributed by atoms with E-state index in [4.69, 9.17) is 4.74 Å². The van der Waals surface area contributed by atoms with Gasteiger partial charge in [-0.05, 0) is 47.4 Å². The van der Waals surface area contributed by atoms with Crippen molar-refractivity contribution in [3.05, 3.63) is 90.1 Å². The van der Waals surface area contributed by atoms with Gasteiger partial charge in [-0.2, -0.15) is 0 Å². The van der Waals surface area contributed by atoms with Crippen molar-refractivity contribution in [2.75, 3.05) is 7.11 Å². The van der Waals surface area contributed by atoms with E-state index >= 15 is 0 Å². The van der Waals surface area contributed by atoms with Crippen molar-refractivity contribution in [3.8, 4) is 17.0 Å². The van der Waals surface area contributed by atoms with Crippen molar-refractivity contribution >= 4 is 5.57 Å². The zero-order chi connectivity index (χ0) is 21.0. The Bertz CT molecular complexity index is 990. The molecule has 0 radical (unpaired) electrons. The van der Waals surface area contributed by atoms with Crippen LogP contribution >= 0.6 is 0 Å². The summed E-state index contributed by atoms with van der Waals surface area (Å²) in [4.78, 5) is 4.25. The van der Waals surface area contributed by atoms with Crippen LogP contribution in [-0.4, -0.2) is 12.1 Å². The lowest BCUT2D eigenvalue weighted by Crippen LogP contribution is -2.07. The minimum Gasteiger partial charge on any atom is -0.497 e. The van der Waals surface area contributed by atoms with E-state index in [1.165, 1.54) is 18.3 Å². The van der Waals surface area contributed by atoms with Gasteiger partial charge in [-0.15, -0.1) is 0 Å². The van der Waals surface area contributed by atoms with Crippen LogP contribution in [0.4, 0.5) is 8.78 Å². The van der Waals surface area contributed by atoms with Crippen molar-refractivity contribution < 1.29 is 13.5 Å². The van der Waals surface area contributed by atoms with Crippen molar-refractivity contribution in [1.29, 1.82) is 0 Å². The van der Waals surface area contributed by atoms with Crippen LogP contribution in [0.5, 0.6) is 5.75 Å². The lowest BCUT2D eigenvalue weighted by molar-refractivity contribution is 0.0174. The molecule has 2 aromatic carbocycles. The molecule has 4 heteroatoms. The van der Waals surface area contributed by atoms with E-state index in [1.54, 1.807) is 7.11 Å². The van der Waals surface area contributed by atoms with Gasteiger partial charge in [0.15, 0.2) is 0 Å². The molecule has 1 atom stereocenters. The van der Waals surface area contributed by atoms with Crippen LogP contribution in [0.3, 0.4) is 0 Å². The topological polar surface area (TPSA) is 22.1 Å². The number of nitrogens with zero attached hydrogens (tertiary/aromatic N) is 1. The molecule has 0 spiro atoms. The second-order valence-electron chi connectivity index (χ2n) is 7.16. The Balaban J connectivity index is 1.86. The number of benzene rings is 2. The van der Waals surface area contributed by atoms with Crippen molar-refractivity contribution in [2.45, 2.75) is 32.1 Å². The monoisotopic (exact) mass is 393 g/mol. The van der Waals surface area contributed by atoms with Crippen LogP contribution in [0, 0.1) is 0 Å². The number of methoxy groups -OCH3 is 1. The summed E-state index contributed by atoms with van der Waals surface area (Å²) in [5.74, 6) is -1.91. The summed E-state index contributed by atoms with van der Waals surface area (Å²) >= 11 is 0. The van der Waals surface area contributed by atoms with Crippen LogP contribution in [0.2, 0.25) is 0 Å². The third-order valence-electron chi connectivity index (χ3n) is 5.14. The Morgan fingerprint density at radius 1 is 1.10 bits per heavy atom. The molecule has 150 valence electrons. The number of alkyl halides is 2. The highest BCUT2D eigenvalue weighted by atomic mass is 19.3. The van der Waals surface area contributed by atoms with Gasteiger partial charge in [-0.1, -0.05) is 49.9 Å². The molecule has 0 aliphatic heterocycles. The fourth-order valence-corrected chi connectivity index (χ4v) is 3.46. The minimum atomic E-state index is -2.89. The van der Waals surface area contributed by atoms with Gasteiger partial charge in [-0.3, -0.25) is 4.98 Å². The second kappa shape index (κ2) is 8.56. The van der Waals surface area contributed by atoms with Crippen molar-refractivity contribution in [3.63, 3.8) is 0 Å². The largest absolute Gasteiger partial charge is 0.497 e. The van der Waals surface area contributed by atoms with Crippen molar-refractivity contribution in [2.24, 2.45) is 0 Å². The predicted molar refractivity (Wildman–Crippen MR) is 114 cm³/mol. The molecule has 1 heterocycles. The van der Waals surface area contributed by atoms with Crippen LogP contribution in [0.25, 0.3) is 16.8 Å². The first-order chi connectivity index (χ1) is 13.8. The van der Waals surface area contributed by atoms with Gasteiger partial charge in [-0.25, -0.2) is 8.78 Å². The number of hydrogen-bond acceptors (Lipinski definition) is 2. The van der Waals surface area contributed by atoms with Crippen LogP contribution in [0.1, 0.15) is 42.9 Å². The normalized spacial score (nSPS) is 12.4. The molecule has 0 saturated heterocycles. The molecule has 3 aromatic rings. The third kappa shape index (κ3) is 4.70. The van der Waals surface area contributed by atoms with Gasteiger partial charge < -0.3 is 4.74 Å². The fourth-order valence-electron chi connectivity index (χ4n) is 3.46. The maximum absolute atomic E-state index is 13.6. The van der Waals surface area contributed by atoms with Gasteiger partial charge in [0.25, 0.3) is 5.92 Å². The van der Waals surface area contributed by atoms with Crippen LogP contribution in [-0.2, 0) is 5.92 Å². The highest BCUT2D eigenvalue weighted by molar-refractivity contribution is 5.72. The Hall–Kier alpha value is -3.01. The summed E-state index contributed by atoms with van der Waals surface area (Å²) in [5.41, 5.74) is 4.46. The van der Waals surface area contributed by atoms with E-state index in [9.17, 15) is 8.78 Å². The minimum absolute atomic E-state index is 0.0416. The highest BCUT2D eigenvalue weighted by Gasteiger charge is 2.24. The standard InChI is InChI=1S/C25H25F2NO/c1-5-23(20-7-6-8-22(15-20)29-4)17(2)18-9-11-19(12-10-18)24-16-21(13-14-28-24)25(3,26)27/h6-16,23H,2,5H2,1,3-4H3. The first-order valence-electron chi connectivity index (χ1n) is 9.61. The molecular formula is C25H25F2NO. The summed E-state index contributed by atoms with van der Waals surface area (Å²) in [7, 11) is 1.66. The Morgan fingerprint density at radius 3 is 2.45 bits per heavy atom. The van der Waals surface area contributed by atoms with E-state index in [1.807, 2.05) is 42.5 Å². The molecule has 0 aliphatic rings. The molecule has 0 bridgehead atoms. The lowest BCUT2D eigenvalue weighted by Gasteiger charge is -2.20. The van der Waals surface area contributed by atoms with E-state index in [0.29, 0.717) is 5.69 Å². The molecular weight excluding hydrogens is 368 g/mol. The first kappa shape index (κ1) is 20.7. The fraction of sp³-hybridized carbons (Fsp3) is 0.240.